The first-order valence-electron chi connectivity index (χ1n) is 25.7. The van der Waals surface area contributed by atoms with E-state index in [1.54, 1.807) is 5.57 Å². The average Bonchev–Trinajstić information content (AvgIpc) is 3.54. The van der Waals surface area contributed by atoms with E-state index in [9.17, 15) is 0 Å². The van der Waals surface area contributed by atoms with Crippen LogP contribution in [-0.4, -0.2) is 0 Å². The molecule has 71 heavy (non-hydrogen) atoms. The van der Waals surface area contributed by atoms with Crippen molar-refractivity contribution in [2.24, 2.45) is 0 Å². The molecule has 0 spiro atoms. The van der Waals surface area contributed by atoms with Gasteiger partial charge in [0.25, 0.3) is 0 Å². The van der Waals surface area contributed by atoms with E-state index in [0.717, 1.165) is 44.2 Å². The number of aryl methyl sites for hydroxylation is 3. The summed E-state index contributed by atoms with van der Waals surface area (Å²) in [6.07, 6.45) is 11.1. The Hall–Kier alpha value is -8.20. The van der Waals surface area contributed by atoms with Gasteiger partial charge in [0.15, 0.2) is 0 Å². The quantitative estimate of drug-likeness (QED) is 0.159. The molecule has 0 amide bonds. The predicted octanol–water partition coefficient (Wildman–Crippen LogP) is 18.6. The molecule has 0 aromatic heterocycles. The highest BCUT2D eigenvalue weighted by Gasteiger charge is 2.36. The first kappa shape index (κ1) is 41.7. The van der Waals surface area contributed by atoms with Crippen molar-refractivity contribution < 1.29 is 0 Å². The maximum Gasteiger partial charge on any atom is 0.0493 e. The van der Waals surface area contributed by atoms with Crippen molar-refractivity contribution in [3.8, 4) is 44.5 Å². The van der Waals surface area contributed by atoms with Crippen LogP contribution in [0, 0.1) is 0 Å². The molecule has 10 aromatic carbocycles. The number of rotatable bonds is 5. The van der Waals surface area contributed by atoms with Gasteiger partial charge < -0.3 is 9.80 Å². The summed E-state index contributed by atoms with van der Waals surface area (Å²) in [4.78, 5) is 5.10. The smallest absolute Gasteiger partial charge is 0.0493 e. The van der Waals surface area contributed by atoms with Gasteiger partial charge in [-0.15, -0.1) is 0 Å². The van der Waals surface area contributed by atoms with Crippen LogP contribution in [0.4, 0.5) is 28.4 Å². The Kier molecular flexibility index (Phi) is 9.68. The van der Waals surface area contributed by atoms with Crippen molar-refractivity contribution in [1.82, 2.24) is 0 Å². The van der Waals surface area contributed by atoms with Crippen LogP contribution in [0.15, 0.2) is 230 Å². The molecular weight excluding hydrogens is 857 g/mol. The number of hydrogen-bond acceptors (Lipinski definition) is 2. The van der Waals surface area contributed by atoms with Crippen LogP contribution in [0.2, 0.25) is 0 Å². The van der Waals surface area contributed by atoms with Gasteiger partial charge in [0.1, 0.15) is 0 Å². The molecule has 0 bridgehead atoms. The molecule has 0 atom stereocenters. The third kappa shape index (κ3) is 6.61. The summed E-state index contributed by atoms with van der Waals surface area (Å²) in [5.74, 6) is 0. The summed E-state index contributed by atoms with van der Waals surface area (Å²) in [7, 11) is 0. The van der Waals surface area contributed by atoms with Gasteiger partial charge in [0.05, 0.1) is 0 Å². The fourth-order valence-electron chi connectivity index (χ4n) is 12.9. The lowest BCUT2D eigenvalue weighted by Crippen LogP contribution is -2.18. The van der Waals surface area contributed by atoms with E-state index in [1.165, 1.54) is 122 Å². The number of anilines is 5. The molecule has 0 saturated heterocycles. The topological polar surface area (TPSA) is 6.48 Å². The molecule has 4 aliphatic rings. The van der Waals surface area contributed by atoms with Gasteiger partial charge in [0.2, 0.25) is 0 Å². The lowest BCUT2D eigenvalue weighted by molar-refractivity contribution is 0.660. The highest BCUT2D eigenvalue weighted by atomic mass is 15.2. The Labute approximate surface area is 417 Å². The number of nitrogens with zero attached hydrogens (tertiary/aromatic N) is 2. The number of fused-ring (bicyclic) bond motifs is 8. The first-order chi connectivity index (χ1) is 35.0. The van der Waals surface area contributed by atoms with Crippen LogP contribution in [0.25, 0.3) is 66.1 Å². The minimum Gasteiger partial charge on any atom is -0.310 e. The largest absolute Gasteiger partial charge is 0.310 e. The second kappa shape index (κ2) is 16.5. The van der Waals surface area contributed by atoms with Crippen LogP contribution in [-0.2, 0) is 24.7 Å². The zero-order chi connectivity index (χ0) is 47.2. The van der Waals surface area contributed by atoms with Crippen LogP contribution in [0.1, 0.15) is 60.9 Å². The first-order valence-corrected chi connectivity index (χ1v) is 25.7. The number of benzene rings is 10. The van der Waals surface area contributed by atoms with E-state index < -0.39 is 0 Å². The lowest BCUT2D eigenvalue weighted by Gasteiger charge is -2.31. The molecule has 2 nitrogen and oxygen atoms in total. The summed E-state index contributed by atoms with van der Waals surface area (Å²) < 4.78 is 0. The van der Waals surface area contributed by atoms with Crippen LogP contribution in [0.5, 0.6) is 0 Å². The minimum absolute atomic E-state index is 0.118. The van der Waals surface area contributed by atoms with Crippen LogP contribution in [0.3, 0.4) is 0 Å². The molecule has 0 fully saturated rings. The lowest BCUT2D eigenvalue weighted by atomic mass is 9.80. The molecule has 340 valence electrons. The van der Waals surface area contributed by atoms with Crippen molar-refractivity contribution in [2.75, 3.05) is 9.80 Å². The summed E-state index contributed by atoms with van der Waals surface area (Å²) in [6.45, 7) is 4.78. The zero-order valence-corrected chi connectivity index (χ0v) is 40.4. The van der Waals surface area contributed by atoms with Gasteiger partial charge in [0, 0.05) is 39.5 Å². The summed E-state index contributed by atoms with van der Waals surface area (Å²) >= 11 is 0. The van der Waals surface area contributed by atoms with Gasteiger partial charge in [-0.05, 0) is 193 Å². The Balaban J connectivity index is 1.08. The molecule has 10 aromatic rings. The highest BCUT2D eigenvalue weighted by molar-refractivity contribution is 6.23. The molecular formula is C69H54N2. The van der Waals surface area contributed by atoms with Crippen molar-refractivity contribution in [3.05, 3.63) is 257 Å². The monoisotopic (exact) mass is 910 g/mol. The van der Waals surface area contributed by atoms with Gasteiger partial charge in [-0.25, -0.2) is 0 Å². The number of para-hydroxylation sites is 3. The van der Waals surface area contributed by atoms with Crippen LogP contribution < -0.4 is 9.80 Å². The zero-order valence-electron chi connectivity index (χ0n) is 40.4. The molecule has 14 rings (SSSR count). The number of allylic oxidation sites excluding steroid dienone is 3. The third-order valence-corrected chi connectivity index (χ3v) is 16.3. The fourth-order valence-corrected chi connectivity index (χ4v) is 12.9. The second-order valence-electron chi connectivity index (χ2n) is 20.5. The van der Waals surface area contributed by atoms with E-state index >= 15 is 0 Å². The highest BCUT2D eigenvalue weighted by Crippen LogP contribution is 2.53. The Morgan fingerprint density at radius 3 is 1.61 bits per heavy atom. The maximum absolute atomic E-state index is 2.57. The molecule has 0 saturated carbocycles. The molecule has 0 unspecified atom stereocenters. The SMILES string of the molecule is CC1(C)c2ccccc2-c2ccc(-c3ccccc3-c3c4ccc(N5C6=C(CCC=C6)CCc6ccccc65)cc4c(-c4ccccc4)c4ccc(N5c6ccccc6CCc6ccccc65)cc34)cc21. The van der Waals surface area contributed by atoms with E-state index in [-0.39, 0.29) is 5.41 Å². The number of hydrogen-bond donors (Lipinski definition) is 0. The van der Waals surface area contributed by atoms with Gasteiger partial charge >= 0.3 is 0 Å². The summed E-state index contributed by atoms with van der Waals surface area (Å²) in [5, 5.41) is 4.97. The van der Waals surface area contributed by atoms with Crippen LogP contribution >= 0.6 is 0 Å². The van der Waals surface area contributed by atoms with Crippen molar-refractivity contribution >= 4 is 50.0 Å². The molecule has 0 radical (unpaired) electrons. The van der Waals surface area contributed by atoms with Crippen molar-refractivity contribution in [3.63, 3.8) is 0 Å². The van der Waals surface area contributed by atoms with E-state index in [4.69, 9.17) is 0 Å². The summed E-state index contributed by atoms with van der Waals surface area (Å²) in [6, 6.07) is 78.4. The second-order valence-corrected chi connectivity index (χ2v) is 20.5. The molecule has 2 aliphatic carbocycles. The Morgan fingerprint density at radius 1 is 0.366 bits per heavy atom. The van der Waals surface area contributed by atoms with Crippen molar-refractivity contribution in [1.29, 1.82) is 0 Å². The maximum atomic E-state index is 2.57. The Bertz CT molecular complexity index is 3820. The molecule has 0 N–H and O–H groups in total. The molecule has 2 aliphatic heterocycles. The average molecular weight is 911 g/mol. The molecule has 2 heterocycles. The van der Waals surface area contributed by atoms with Gasteiger partial charge in [-0.1, -0.05) is 178 Å². The van der Waals surface area contributed by atoms with Gasteiger partial charge in [-0.2, -0.15) is 0 Å². The predicted molar refractivity (Wildman–Crippen MR) is 300 cm³/mol. The standard InChI is InChI=1S/C69H54N2/c1-69(2)61-27-13-12-25-54(61)55-39-36-50(42-62(55)69)53-24-10-11-26-56(53)68-58-41-38-51(70-63-28-14-6-18-45(63)32-33-46-19-7-15-29-64(46)70)43-59(58)67(49-22-4-3-5-23-49)57-40-37-52(44-60(57)68)71-65-30-16-8-20-47(65)34-35-48-21-9-17-31-66(48)71/h3-6,8-18,20-31,36-44H,7,19,32-35H2,1-2H3. The van der Waals surface area contributed by atoms with Crippen molar-refractivity contribution in [2.45, 2.75) is 57.8 Å². The van der Waals surface area contributed by atoms with E-state index in [0.29, 0.717) is 0 Å². The fraction of sp³-hybridized carbons (Fsp3) is 0.130. The minimum atomic E-state index is -0.118. The van der Waals surface area contributed by atoms with Gasteiger partial charge in [-0.3, -0.25) is 0 Å². The van der Waals surface area contributed by atoms with E-state index in [1.807, 2.05) is 0 Å². The third-order valence-electron chi connectivity index (χ3n) is 16.3. The van der Waals surface area contributed by atoms with E-state index in [2.05, 4.69) is 242 Å². The Morgan fingerprint density at radius 2 is 0.901 bits per heavy atom. The molecule has 2 heteroatoms. The normalized spacial score (nSPS) is 15.4. The summed E-state index contributed by atoms with van der Waals surface area (Å²) in [5.41, 5.74) is 25.9.